The van der Waals surface area contributed by atoms with Crippen LogP contribution in [-0.4, -0.2) is 29.9 Å². The highest BCUT2D eigenvalue weighted by Gasteiger charge is 2.09. The molecule has 0 radical (unpaired) electrons. The average Bonchev–Trinajstić information content (AvgIpc) is 2.65. The number of aryl methyl sites for hydroxylation is 1. The van der Waals surface area contributed by atoms with Crippen LogP contribution in [0.3, 0.4) is 0 Å². The first-order chi connectivity index (χ1) is 12.1. The highest BCUT2D eigenvalue weighted by atomic mass is 16.2. The summed E-state index contributed by atoms with van der Waals surface area (Å²) in [5, 5.41) is 7.54. The quantitative estimate of drug-likeness (QED) is 0.705. The number of hydrogen-bond donors (Lipinski definition) is 2. The highest BCUT2D eigenvalue weighted by Crippen LogP contribution is 2.18. The Labute approximate surface area is 146 Å². The van der Waals surface area contributed by atoms with Crippen molar-refractivity contribution in [1.82, 2.24) is 15.6 Å². The molecular weight excluding hydrogens is 314 g/mol. The van der Waals surface area contributed by atoms with Crippen LogP contribution in [0.1, 0.15) is 26.4 Å². The first kappa shape index (κ1) is 16.6. The molecule has 5 nitrogen and oxygen atoms in total. The Bertz CT molecular complexity index is 899. The minimum Gasteiger partial charge on any atom is -0.350 e. The van der Waals surface area contributed by atoms with Gasteiger partial charge in [-0.25, -0.2) is 0 Å². The molecule has 2 N–H and O–H groups in total. The van der Waals surface area contributed by atoms with Gasteiger partial charge in [-0.05, 0) is 35.9 Å². The third kappa shape index (κ3) is 4.01. The number of hydrogen-bond acceptors (Lipinski definition) is 3. The summed E-state index contributed by atoms with van der Waals surface area (Å²) in [4.78, 5) is 28.5. The van der Waals surface area contributed by atoms with E-state index in [1.54, 1.807) is 24.4 Å². The van der Waals surface area contributed by atoms with Crippen LogP contribution in [0.2, 0.25) is 0 Å². The van der Waals surface area contributed by atoms with Crippen molar-refractivity contribution >= 4 is 22.6 Å². The molecule has 5 heteroatoms. The summed E-state index contributed by atoms with van der Waals surface area (Å²) in [6.45, 7) is 2.57. The topological polar surface area (TPSA) is 71.1 Å². The molecule has 126 valence electrons. The standard InChI is InChI=1S/C20H19N3O2/c1-14-9-10-16(13-23-14)19(24)21-11-12-22-20(25)18-8-4-6-15-5-2-3-7-17(15)18/h2-10,13H,11-12H2,1H3,(H,21,24)(H,22,25). The van der Waals surface area contributed by atoms with Gasteiger partial charge in [-0.3, -0.25) is 14.6 Å². The Balaban J connectivity index is 1.54. The van der Waals surface area contributed by atoms with Crippen LogP contribution in [0.15, 0.2) is 60.8 Å². The van der Waals surface area contributed by atoms with Crippen molar-refractivity contribution in [2.24, 2.45) is 0 Å². The second-order valence-electron chi connectivity index (χ2n) is 5.73. The number of nitrogens with one attached hydrogen (secondary N) is 2. The van der Waals surface area contributed by atoms with Gasteiger partial charge in [0.2, 0.25) is 0 Å². The van der Waals surface area contributed by atoms with Gasteiger partial charge >= 0.3 is 0 Å². The minimum atomic E-state index is -0.202. The van der Waals surface area contributed by atoms with Gasteiger partial charge in [0.05, 0.1) is 5.56 Å². The normalized spacial score (nSPS) is 10.4. The van der Waals surface area contributed by atoms with Crippen LogP contribution in [0.4, 0.5) is 0 Å². The number of carbonyl (C=O) groups is 2. The molecule has 2 amide bonds. The molecule has 1 aromatic heterocycles. The number of rotatable bonds is 5. The maximum absolute atomic E-state index is 12.4. The van der Waals surface area contributed by atoms with Crippen molar-refractivity contribution in [3.8, 4) is 0 Å². The summed E-state index contributed by atoms with van der Waals surface area (Å²) in [5.74, 6) is -0.352. The maximum Gasteiger partial charge on any atom is 0.252 e. The molecule has 3 aromatic rings. The highest BCUT2D eigenvalue weighted by molar-refractivity contribution is 6.07. The molecule has 0 aliphatic rings. The zero-order valence-electron chi connectivity index (χ0n) is 14.0. The Morgan fingerprint density at radius 3 is 2.36 bits per heavy atom. The lowest BCUT2D eigenvalue weighted by atomic mass is 10.0. The Kier molecular flexibility index (Phi) is 5.04. The Morgan fingerprint density at radius 1 is 0.880 bits per heavy atom. The van der Waals surface area contributed by atoms with Gasteiger partial charge in [-0.15, -0.1) is 0 Å². The van der Waals surface area contributed by atoms with Crippen LogP contribution in [-0.2, 0) is 0 Å². The molecular formula is C20H19N3O2. The summed E-state index contributed by atoms with van der Waals surface area (Å²) < 4.78 is 0. The van der Waals surface area contributed by atoms with Gasteiger partial charge in [-0.2, -0.15) is 0 Å². The van der Waals surface area contributed by atoms with Gasteiger partial charge < -0.3 is 10.6 Å². The number of pyridine rings is 1. The fourth-order valence-electron chi connectivity index (χ4n) is 2.57. The van der Waals surface area contributed by atoms with Crippen LogP contribution in [0.25, 0.3) is 10.8 Å². The van der Waals surface area contributed by atoms with Crippen molar-refractivity contribution in [2.45, 2.75) is 6.92 Å². The molecule has 0 atom stereocenters. The second-order valence-corrected chi connectivity index (χ2v) is 5.73. The van der Waals surface area contributed by atoms with E-state index in [2.05, 4.69) is 15.6 Å². The monoisotopic (exact) mass is 333 g/mol. The average molecular weight is 333 g/mol. The fraction of sp³-hybridized carbons (Fsp3) is 0.150. The Hall–Kier alpha value is -3.21. The third-order valence-electron chi connectivity index (χ3n) is 3.90. The van der Waals surface area contributed by atoms with Crippen molar-refractivity contribution in [3.05, 3.63) is 77.6 Å². The molecule has 0 saturated carbocycles. The van der Waals surface area contributed by atoms with Gasteiger partial charge in [0, 0.05) is 30.5 Å². The van der Waals surface area contributed by atoms with Gasteiger partial charge in [0.25, 0.3) is 11.8 Å². The summed E-state index contributed by atoms with van der Waals surface area (Å²) in [6.07, 6.45) is 1.54. The van der Waals surface area contributed by atoms with Gasteiger partial charge in [0.15, 0.2) is 0 Å². The summed E-state index contributed by atoms with van der Waals surface area (Å²) in [6, 6.07) is 16.9. The molecule has 0 fully saturated rings. The first-order valence-electron chi connectivity index (χ1n) is 8.12. The van der Waals surface area contributed by atoms with Crippen LogP contribution in [0.5, 0.6) is 0 Å². The molecule has 3 rings (SSSR count). The molecule has 1 heterocycles. The van der Waals surface area contributed by atoms with E-state index in [-0.39, 0.29) is 11.8 Å². The third-order valence-corrected chi connectivity index (χ3v) is 3.90. The fourth-order valence-corrected chi connectivity index (χ4v) is 2.57. The zero-order valence-corrected chi connectivity index (χ0v) is 14.0. The van der Waals surface area contributed by atoms with Crippen LogP contribution >= 0.6 is 0 Å². The maximum atomic E-state index is 12.4. The van der Waals surface area contributed by atoms with E-state index >= 15 is 0 Å². The number of carbonyl (C=O) groups excluding carboxylic acids is 2. The number of amides is 2. The predicted octanol–water partition coefficient (Wildman–Crippen LogP) is 2.70. The van der Waals surface area contributed by atoms with Crippen LogP contribution < -0.4 is 10.6 Å². The summed E-state index contributed by atoms with van der Waals surface area (Å²) >= 11 is 0. The smallest absolute Gasteiger partial charge is 0.252 e. The van der Waals surface area contributed by atoms with Crippen molar-refractivity contribution < 1.29 is 9.59 Å². The second kappa shape index (κ2) is 7.57. The molecule has 0 aliphatic heterocycles. The molecule has 0 spiro atoms. The largest absolute Gasteiger partial charge is 0.350 e. The van der Waals surface area contributed by atoms with E-state index in [1.165, 1.54) is 0 Å². The van der Waals surface area contributed by atoms with E-state index in [0.29, 0.717) is 24.2 Å². The molecule has 0 bridgehead atoms. The summed E-state index contributed by atoms with van der Waals surface area (Å²) in [7, 11) is 0. The first-order valence-corrected chi connectivity index (χ1v) is 8.12. The molecule has 2 aromatic carbocycles. The van der Waals surface area contributed by atoms with E-state index in [4.69, 9.17) is 0 Å². The summed E-state index contributed by atoms with van der Waals surface area (Å²) in [5.41, 5.74) is 2.00. The van der Waals surface area contributed by atoms with Crippen molar-refractivity contribution in [1.29, 1.82) is 0 Å². The lowest BCUT2D eigenvalue weighted by molar-refractivity contribution is 0.0928. The lowest BCUT2D eigenvalue weighted by Gasteiger charge is -2.09. The number of fused-ring (bicyclic) bond motifs is 1. The number of nitrogens with zero attached hydrogens (tertiary/aromatic N) is 1. The molecule has 0 saturated heterocycles. The van der Waals surface area contributed by atoms with Gasteiger partial charge in [-0.1, -0.05) is 36.4 Å². The molecule has 25 heavy (non-hydrogen) atoms. The zero-order chi connectivity index (χ0) is 17.6. The molecule has 0 unspecified atom stereocenters. The number of benzene rings is 2. The van der Waals surface area contributed by atoms with Crippen molar-refractivity contribution in [2.75, 3.05) is 13.1 Å². The van der Waals surface area contributed by atoms with Crippen LogP contribution in [0, 0.1) is 6.92 Å². The van der Waals surface area contributed by atoms with Gasteiger partial charge in [0.1, 0.15) is 0 Å². The molecule has 0 aliphatic carbocycles. The Morgan fingerprint density at radius 2 is 1.60 bits per heavy atom. The SMILES string of the molecule is Cc1ccc(C(=O)NCCNC(=O)c2cccc3ccccc23)cn1. The van der Waals surface area contributed by atoms with Crippen molar-refractivity contribution in [3.63, 3.8) is 0 Å². The van der Waals surface area contributed by atoms with E-state index in [9.17, 15) is 9.59 Å². The minimum absolute atomic E-state index is 0.150. The van der Waals surface area contributed by atoms with E-state index < -0.39 is 0 Å². The van der Waals surface area contributed by atoms with E-state index in [1.807, 2.05) is 43.3 Å². The van der Waals surface area contributed by atoms with E-state index in [0.717, 1.165) is 16.5 Å². The number of aromatic nitrogens is 1. The lowest BCUT2D eigenvalue weighted by Crippen LogP contribution is -2.34. The predicted molar refractivity (Wildman–Crippen MR) is 97.6 cm³/mol.